The van der Waals surface area contributed by atoms with E-state index in [1.54, 1.807) is 0 Å². The Bertz CT molecular complexity index is 213. The molecule has 6 heteroatoms. The van der Waals surface area contributed by atoms with E-state index in [9.17, 15) is 4.79 Å². The maximum absolute atomic E-state index is 10.3. The van der Waals surface area contributed by atoms with Crippen LogP contribution in [0.25, 0.3) is 10.4 Å². The quantitative estimate of drug-likeness (QED) is 0.269. The number of carboxylic acid groups (broad SMARTS) is 1. The molecule has 0 radical (unpaired) electrons. The van der Waals surface area contributed by atoms with Crippen LogP contribution in [0.1, 0.15) is 32.1 Å². The summed E-state index contributed by atoms with van der Waals surface area (Å²) in [6, 6.07) is -0.743. The van der Waals surface area contributed by atoms with E-state index >= 15 is 0 Å². The number of carboxylic acids is 1. The number of carbonyl (C=O) groups is 1. The van der Waals surface area contributed by atoms with Gasteiger partial charge in [0.15, 0.2) is 0 Å². The molecule has 0 aromatic carbocycles. The first-order valence-electron chi connectivity index (χ1n) is 4.67. The zero-order valence-corrected chi connectivity index (χ0v) is 8.09. The molecular formula is C8H16N4O2. The number of rotatable bonds is 8. The molecule has 3 N–H and O–H groups in total. The van der Waals surface area contributed by atoms with Crippen molar-refractivity contribution in [2.75, 3.05) is 6.54 Å². The van der Waals surface area contributed by atoms with Gasteiger partial charge in [0.1, 0.15) is 6.04 Å². The second kappa shape index (κ2) is 8.34. The molecule has 0 amide bonds. The van der Waals surface area contributed by atoms with Crippen molar-refractivity contribution in [3.8, 4) is 0 Å². The number of unbranched alkanes of at least 4 members (excludes halogenated alkanes) is 3. The average molecular weight is 200 g/mol. The Balaban J connectivity index is 3.21. The van der Waals surface area contributed by atoms with Crippen LogP contribution in [0.2, 0.25) is 0 Å². The molecule has 80 valence electrons. The van der Waals surface area contributed by atoms with Crippen molar-refractivity contribution in [1.29, 1.82) is 0 Å². The van der Waals surface area contributed by atoms with Gasteiger partial charge in [0.2, 0.25) is 0 Å². The van der Waals surface area contributed by atoms with E-state index in [1.807, 2.05) is 0 Å². The van der Waals surface area contributed by atoms with Crippen LogP contribution in [0.3, 0.4) is 0 Å². The maximum Gasteiger partial charge on any atom is 0.320 e. The number of hydrogen-bond donors (Lipinski definition) is 2. The minimum absolute atomic E-state index is 0.511. The molecule has 0 aromatic rings. The molecular weight excluding hydrogens is 184 g/mol. The van der Waals surface area contributed by atoms with Gasteiger partial charge in [-0.05, 0) is 18.4 Å². The first-order chi connectivity index (χ1) is 6.68. The van der Waals surface area contributed by atoms with Crippen LogP contribution >= 0.6 is 0 Å². The first kappa shape index (κ1) is 12.7. The van der Waals surface area contributed by atoms with Crippen LogP contribution < -0.4 is 5.73 Å². The highest BCUT2D eigenvalue weighted by Crippen LogP contribution is 2.05. The summed E-state index contributed by atoms with van der Waals surface area (Å²) in [7, 11) is 0. The fraction of sp³-hybridized carbons (Fsp3) is 0.875. The Kier molecular flexibility index (Phi) is 7.59. The van der Waals surface area contributed by atoms with Crippen LogP contribution in [0.5, 0.6) is 0 Å². The standard InChI is InChI=1S/C8H16N4O2/c9-7(8(13)14)5-3-1-2-4-6-11-12-10/h7H,1-6,9H2,(H,13,14). The van der Waals surface area contributed by atoms with Gasteiger partial charge in [0.05, 0.1) is 0 Å². The van der Waals surface area contributed by atoms with Gasteiger partial charge in [0.25, 0.3) is 0 Å². The molecule has 0 aliphatic rings. The fourth-order valence-corrected chi connectivity index (χ4v) is 1.07. The summed E-state index contributed by atoms with van der Waals surface area (Å²) in [6.45, 7) is 0.515. The molecule has 6 nitrogen and oxygen atoms in total. The molecule has 0 aromatic heterocycles. The SMILES string of the molecule is [N-]=[N+]=NCCCCCCC(N)C(=O)O. The summed E-state index contributed by atoms with van der Waals surface area (Å²) >= 11 is 0. The van der Waals surface area contributed by atoms with Crippen molar-refractivity contribution in [2.24, 2.45) is 10.8 Å². The highest BCUT2D eigenvalue weighted by Gasteiger charge is 2.09. The summed E-state index contributed by atoms with van der Waals surface area (Å²) in [6.07, 6.45) is 4.06. The molecule has 0 rings (SSSR count). The van der Waals surface area contributed by atoms with Crippen LogP contribution in [-0.2, 0) is 4.79 Å². The monoisotopic (exact) mass is 200 g/mol. The lowest BCUT2D eigenvalue weighted by Gasteiger charge is -2.04. The minimum Gasteiger partial charge on any atom is -0.480 e. The Labute approximate surface area is 82.7 Å². The zero-order valence-electron chi connectivity index (χ0n) is 8.09. The molecule has 0 aliphatic carbocycles. The first-order valence-corrected chi connectivity index (χ1v) is 4.67. The van der Waals surface area contributed by atoms with E-state index in [1.165, 1.54) is 0 Å². The predicted molar refractivity (Wildman–Crippen MR) is 52.7 cm³/mol. The van der Waals surface area contributed by atoms with Gasteiger partial charge < -0.3 is 10.8 Å². The maximum atomic E-state index is 10.3. The van der Waals surface area contributed by atoms with Crippen LogP contribution in [0, 0.1) is 0 Å². The van der Waals surface area contributed by atoms with Crippen LogP contribution in [0.4, 0.5) is 0 Å². The summed E-state index contributed by atoms with van der Waals surface area (Å²) in [4.78, 5) is 13.0. The van der Waals surface area contributed by atoms with E-state index in [-0.39, 0.29) is 0 Å². The fourth-order valence-electron chi connectivity index (χ4n) is 1.07. The molecule has 0 saturated heterocycles. The van der Waals surface area contributed by atoms with Crippen molar-refractivity contribution < 1.29 is 9.90 Å². The summed E-state index contributed by atoms with van der Waals surface area (Å²) in [5.74, 6) is -0.945. The van der Waals surface area contributed by atoms with E-state index in [2.05, 4.69) is 10.0 Å². The van der Waals surface area contributed by atoms with E-state index < -0.39 is 12.0 Å². The third-order valence-corrected chi connectivity index (χ3v) is 1.90. The van der Waals surface area contributed by atoms with Gasteiger partial charge in [-0.15, -0.1) is 0 Å². The van der Waals surface area contributed by atoms with Gasteiger partial charge >= 0.3 is 5.97 Å². The zero-order chi connectivity index (χ0) is 10.8. The average Bonchev–Trinajstić information content (AvgIpc) is 2.16. The number of nitrogens with two attached hydrogens (primary N) is 1. The lowest BCUT2D eigenvalue weighted by molar-refractivity contribution is -0.138. The van der Waals surface area contributed by atoms with Gasteiger partial charge in [-0.25, -0.2) is 0 Å². The van der Waals surface area contributed by atoms with Crippen molar-refractivity contribution in [2.45, 2.75) is 38.1 Å². The molecule has 1 atom stereocenters. The molecule has 0 bridgehead atoms. The normalized spacial score (nSPS) is 11.8. The highest BCUT2D eigenvalue weighted by atomic mass is 16.4. The largest absolute Gasteiger partial charge is 0.480 e. The summed E-state index contributed by atoms with van der Waals surface area (Å²) in [5.41, 5.74) is 13.3. The van der Waals surface area contributed by atoms with Gasteiger partial charge in [-0.1, -0.05) is 24.4 Å². The van der Waals surface area contributed by atoms with Gasteiger partial charge in [-0.2, -0.15) is 0 Å². The highest BCUT2D eigenvalue weighted by molar-refractivity contribution is 5.72. The summed E-state index contributed by atoms with van der Waals surface area (Å²) < 4.78 is 0. The second-order valence-corrected chi connectivity index (χ2v) is 3.10. The lowest BCUT2D eigenvalue weighted by atomic mass is 10.1. The Hall–Kier alpha value is -1.26. The van der Waals surface area contributed by atoms with Crippen molar-refractivity contribution in [3.63, 3.8) is 0 Å². The number of azide groups is 1. The lowest BCUT2D eigenvalue weighted by Crippen LogP contribution is -2.29. The van der Waals surface area contributed by atoms with Crippen molar-refractivity contribution in [3.05, 3.63) is 10.4 Å². The number of hydrogen-bond acceptors (Lipinski definition) is 3. The molecule has 14 heavy (non-hydrogen) atoms. The van der Waals surface area contributed by atoms with Crippen LogP contribution in [-0.4, -0.2) is 23.7 Å². The molecule has 0 saturated carbocycles. The topological polar surface area (TPSA) is 112 Å². The number of aliphatic carboxylic acids is 1. The van der Waals surface area contributed by atoms with E-state index in [0.29, 0.717) is 13.0 Å². The molecule has 0 aliphatic heterocycles. The molecule has 1 unspecified atom stereocenters. The third kappa shape index (κ3) is 7.39. The second-order valence-electron chi connectivity index (χ2n) is 3.10. The predicted octanol–water partition coefficient (Wildman–Crippen LogP) is 1.66. The van der Waals surface area contributed by atoms with Crippen LogP contribution in [0.15, 0.2) is 5.11 Å². The van der Waals surface area contributed by atoms with Crippen molar-refractivity contribution in [1.82, 2.24) is 0 Å². The smallest absolute Gasteiger partial charge is 0.320 e. The van der Waals surface area contributed by atoms with Gasteiger partial charge in [-0.3, -0.25) is 4.79 Å². The van der Waals surface area contributed by atoms with E-state index in [4.69, 9.17) is 16.4 Å². The minimum atomic E-state index is -0.945. The summed E-state index contributed by atoms with van der Waals surface area (Å²) in [5, 5.41) is 11.9. The molecule has 0 fully saturated rings. The molecule has 0 heterocycles. The number of nitrogens with zero attached hydrogens (tertiary/aromatic N) is 3. The van der Waals surface area contributed by atoms with Crippen molar-refractivity contribution >= 4 is 5.97 Å². The Morgan fingerprint density at radius 1 is 1.43 bits per heavy atom. The van der Waals surface area contributed by atoms with Gasteiger partial charge in [0, 0.05) is 11.5 Å². The third-order valence-electron chi connectivity index (χ3n) is 1.90. The van der Waals surface area contributed by atoms with E-state index in [0.717, 1.165) is 25.7 Å². The Morgan fingerprint density at radius 2 is 2.07 bits per heavy atom. The molecule has 0 spiro atoms. The Morgan fingerprint density at radius 3 is 2.64 bits per heavy atom.